The van der Waals surface area contributed by atoms with Crippen LogP contribution >= 0.6 is 0 Å². The highest BCUT2D eigenvalue weighted by Crippen LogP contribution is 2.13. The second-order valence-electron chi connectivity index (χ2n) is 3.92. The van der Waals surface area contributed by atoms with Gasteiger partial charge in [0, 0.05) is 12.8 Å². The van der Waals surface area contributed by atoms with Gasteiger partial charge in [0.2, 0.25) is 0 Å². The van der Waals surface area contributed by atoms with Gasteiger partial charge in [-0.15, -0.1) is 0 Å². The van der Waals surface area contributed by atoms with Gasteiger partial charge in [-0.2, -0.15) is 0 Å². The van der Waals surface area contributed by atoms with Gasteiger partial charge in [0.25, 0.3) is 0 Å². The second-order valence-corrected chi connectivity index (χ2v) is 3.92. The van der Waals surface area contributed by atoms with E-state index in [4.69, 9.17) is 4.74 Å². The van der Waals surface area contributed by atoms with Gasteiger partial charge in [-0.25, -0.2) is 0 Å². The van der Waals surface area contributed by atoms with Crippen LogP contribution in [0.15, 0.2) is 24.3 Å². The van der Waals surface area contributed by atoms with E-state index in [9.17, 15) is 4.79 Å². The number of hydrogen-bond donors (Lipinski definition) is 0. The Morgan fingerprint density at radius 2 is 2.00 bits per heavy atom. The number of carbonyl (C=O) groups is 1. The number of allylic oxidation sites excluding steroid dienone is 2. The summed E-state index contributed by atoms with van der Waals surface area (Å²) < 4.78 is 4.98. The molecule has 2 nitrogen and oxygen atoms in total. The Kier molecular flexibility index (Phi) is 5.93. The molecule has 0 aliphatic rings. The fraction of sp³-hybridized carbons (Fsp3) is 0.583. The van der Waals surface area contributed by atoms with Gasteiger partial charge in [-0.05, 0) is 12.8 Å². The minimum Gasteiger partial charge on any atom is -0.465 e. The molecule has 1 unspecified atom stereocenters. The van der Waals surface area contributed by atoms with Crippen LogP contribution in [0.25, 0.3) is 0 Å². The lowest BCUT2D eigenvalue weighted by Crippen LogP contribution is -2.15. The van der Waals surface area contributed by atoms with Crippen molar-refractivity contribution in [3.8, 4) is 0 Å². The van der Waals surface area contributed by atoms with Crippen LogP contribution in [0.3, 0.4) is 0 Å². The van der Waals surface area contributed by atoms with E-state index in [1.807, 2.05) is 13.0 Å². The third-order valence-electron chi connectivity index (χ3n) is 1.96. The molecular formula is C12H20O2. The second kappa shape index (κ2) is 6.41. The molecule has 1 atom stereocenters. The molecule has 0 bridgehead atoms. The van der Waals surface area contributed by atoms with Crippen molar-refractivity contribution < 1.29 is 9.53 Å². The van der Waals surface area contributed by atoms with Crippen LogP contribution in [-0.4, -0.2) is 12.6 Å². The monoisotopic (exact) mass is 196 g/mol. The van der Waals surface area contributed by atoms with Gasteiger partial charge in [0.1, 0.15) is 0 Å². The highest BCUT2D eigenvalue weighted by Gasteiger charge is 2.11. The maximum Gasteiger partial charge on any atom is 0.302 e. The normalized spacial score (nSPS) is 13.2. The molecule has 80 valence electrons. The molecule has 0 heterocycles. The molecule has 0 fully saturated rings. The van der Waals surface area contributed by atoms with E-state index in [0.29, 0.717) is 12.5 Å². The van der Waals surface area contributed by atoms with Crippen LogP contribution in [0.1, 0.15) is 27.7 Å². The zero-order valence-electron chi connectivity index (χ0n) is 9.54. The molecule has 0 rings (SSSR count). The van der Waals surface area contributed by atoms with E-state index in [-0.39, 0.29) is 11.9 Å². The van der Waals surface area contributed by atoms with Gasteiger partial charge in [-0.3, -0.25) is 4.79 Å². The maximum absolute atomic E-state index is 10.6. The van der Waals surface area contributed by atoms with E-state index in [0.717, 1.165) is 5.57 Å². The average Bonchev–Trinajstić information content (AvgIpc) is 2.02. The van der Waals surface area contributed by atoms with Crippen LogP contribution in [0.5, 0.6) is 0 Å². The number of hydrogen-bond acceptors (Lipinski definition) is 2. The van der Waals surface area contributed by atoms with Crippen molar-refractivity contribution in [1.82, 2.24) is 0 Å². The molecule has 14 heavy (non-hydrogen) atoms. The largest absolute Gasteiger partial charge is 0.465 e. The summed E-state index contributed by atoms with van der Waals surface area (Å²) >= 11 is 0. The molecule has 0 saturated heterocycles. The van der Waals surface area contributed by atoms with E-state index in [2.05, 4.69) is 26.5 Å². The Balaban J connectivity index is 4.16. The number of carbonyl (C=O) groups excluding carboxylic acids is 1. The van der Waals surface area contributed by atoms with Crippen molar-refractivity contribution in [2.24, 2.45) is 11.8 Å². The third kappa shape index (κ3) is 6.46. The third-order valence-corrected chi connectivity index (χ3v) is 1.96. The molecule has 0 amide bonds. The first kappa shape index (κ1) is 12.9. The van der Waals surface area contributed by atoms with Crippen LogP contribution < -0.4 is 0 Å². The smallest absolute Gasteiger partial charge is 0.302 e. The first-order chi connectivity index (χ1) is 6.43. The summed E-state index contributed by atoms with van der Waals surface area (Å²) in [6.07, 6.45) is 4.02. The van der Waals surface area contributed by atoms with Gasteiger partial charge in [-0.1, -0.05) is 38.2 Å². The van der Waals surface area contributed by atoms with E-state index in [1.165, 1.54) is 6.92 Å². The van der Waals surface area contributed by atoms with Crippen molar-refractivity contribution >= 4 is 5.97 Å². The lowest BCUT2D eigenvalue weighted by molar-refractivity contribution is -0.142. The lowest BCUT2D eigenvalue weighted by atomic mass is 9.96. The summed E-state index contributed by atoms with van der Waals surface area (Å²) in [7, 11) is 0. The number of esters is 1. The Bertz CT molecular complexity index is 226. The van der Waals surface area contributed by atoms with Crippen molar-refractivity contribution in [2.45, 2.75) is 27.7 Å². The fourth-order valence-corrected chi connectivity index (χ4v) is 0.972. The molecule has 0 aliphatic heterocycles. The van der Waals surface area contributed by atoms with Crippen LogP contribution in [-0.2, 0) is 9.53 Å². The molecule has 0 spiro atoms. The molecule has 0 aromatic rings. The minimum absolute atomic E-state index is 0.223. The molecule has 0 aromatic carbocycles. The Morgan fingerprint density at radius 1 is 1.43 bits per heavy atom. The fourth-order valence-electron chi connectivity index (χ4n) is 0.972. The molecule has 0 aromatic heterocycles. The zero-order chi connectivity index (χ0) is 11.1. The van der Waals surface area contributed by atoms with Gasteiger partial charge in [0.05, 0.1) is 6.61 Å². The van der Waals surface area contributed by atoms with E-state index < -0.39 is 0 Å². The first-order valence-electron chi connectivity index (χ1n) is 4.90. The van der Waals surface area contributed by atoms with E-state index in [1.54, 1.807) is 0 Å². The molecular weight excluding hydrogens is 176 g/mol. The number of ether oxygens (including phenoxy) is 1. The van der Waals surface area contributed by atoms with Crippen LogP contribution in [0.2, 0.25) is 0 Å². The van der Waals surface area contributed by atoms with Crippen molar-refractivity contribution in [1.29, 1.82) is 0 Å². The van der Waals surface area contributed by atoms with Crippen LogP contribution in [0, 0.1) is 11.8 Å². The quantitative estimate of drug-likeness (QED) is 0.499. The van der Waals surface area contributed by atoms with Gasteiger partial charge in [0.15, 0.2) is 0 Å². The summed E-state index contributed by atoms with van der Waals surface area (Å²) in [4.78, 5) is 10.6. The highest BCUT2D eigenvalue weighted by atomic mass is 16.5. The van der Waals surface area contributed by atoms with Crippen LogP contribution in [0.4, 0.5) is 0 Å². The number of rotatable bonds is 5. The minimum atomic E-state index is -0.223. The summed E-state index contributed by atoms with van der Waals surface area (Å²) in [5, 5.41) is 0. The molecule has 0 radical (unpaired) electrons. The van der Waals surface area contributed by atoms with E-state index >= 15 is 0 Å². The summed E-state index contributed by atoms with van der Waals surface area (Å²) in [5.41, 5.74) is 1.01. The maximum atomic E-state index is 10.6. The zero-order valence-corrected chi connectivity index (χ0v) is 9.54. The topological polar surface area (TPSA) is 26.3 Å². The lowest BCUT2D eigenvalue weighted by Gasteiger charge is -2.16. The van der Waals surface area contributed by atoms with Crippen molar-refractivity contribution in [3.05, 3.63) is 24.3 Å². The molecule has 0 N–H and O–H groups in total. The van der Waals surface area contributed by atoms with Gasteiger partial charge >= 0.3 is 5.97 Å². The predicted octanol–water partition coefficient (Wildman–Crippen LogP) is 2.95. The Hall–Kier alpha value is -1.05. The summed E-state index contributed by atoms with van der Waals surface area (Å²) in [6.45, 7) is 11.8. The standard InChI is InChI=1S/C12H20O2/c1-9(2)6-7-12(10(3)4)8-14-11(5)13/h6-7,10,12H,1,8H2,2-5H3/b7-6-. The molecule has 0 aliphatic carbocycles. The van der Waals surface area contributed by atoms with Crippen molar-refractivity contribution in [2.75, 3.05) is 6.61 Å². The summed E-state index contributed by atoms with van der Waals surface area (Å²) in [6, 6.07) is 0. The first-order valence-corrected chi connectivity index (χ1v) is 4.90. The molecule has 2 heteroatoms. The average molecular weight is 196 g/mol. The summed E-state index contributed by atoms with van der Waals surface area (Å²) in [5.74, 6) is 0.514. The Morgan fingerprint density at radius 3 is 2.36 bits per heavy atom. The Labute approximate surface area is 86.6 Å². The molecule has 0 saturated carbocycles. The van der Waals surface area contributed by atoms with Crippen molar-refractivity contribution in [3.63, 3.8) is 0 Å². The predicted molar refractivity (Wildman–Crippen MR) is 58.9 cm³/mol. The SMILES string of the molecule is C=C(C)/C=C\C(COC(C)=O)C(C)C. The highest BCUT2D eigenvalue weighted by molar-refractivity contribution is 5.65. The van der Waals surface area contributed by atoms with Gasteiger partial charge < -0.3 is 4.74 Å².